The minimum Gasteiger partial charge on any atom is -0.453 e. The van der Waals surface area contributed by atoms with Crippen LogP contribution in [0.1, 0.15) is 31.5 Å². The summed E-state index contributed by atoms with van der Waals surface area (Å²) in [4.78, 5) is 4.41. The summed E-state index contributed by atoms with van der Waals surface area (Å²) in [6.07, 6.45) is -5.46. The number of hydrogen-bond acceptors (Lipinski definition) is 5. The van der Waals surface area contributed by atoms with Crippen LogP contribution in [0, 0.1) is 6.92 Å². The van der Waals surface area contributed by atoms with Gasteiger partial charge in [0.25, 0.3) is 0 Å². The molecule has 0 spiro atoms. The molecule has 2 N–H and O–H groups in total. The lowest BCUT2D eigenvalue weighted by atomic mass is 9.74. The molecular weight excluding hydrogens is 501 g/mol. The van der Waals surface area contributed by atoms with E-state index >= 15 is 0 Å². The molecule has 0 fully saturated rings. The highest BCUT2D eigenvalue weighted by Crippen LogP contribution is 2.49. The summed E-state index contributed by atoms with van der Waals surface area (Å²) in [5, 5.41) is 14.4. The Hall–Kier alpha value is -2.52. The van der Waals surface area contributed by atoms with E-state index in [1.165, 1.54) is 0 Å². The number of rotatable bonds is 6. The maximum absolute atomic E-state index is 14.2. The Morgan fingerprint density at radius 1 is 1.06 bits per heavy atom. The Labute approximate surface area is 198 Å². The van der Waals surface area contributed by atoms with E-state index < -0.39 is 30.2 Å². The molecule has 1 aliphatic rings. The molecule has 3 aromatic rings. The topological polar surface area (TPSA) is 63.6 Å². The fourth-order valence-electron chi connectivity index (χ4n) is 4.24. The number of aromatic nitrogens is 1. The molecule has 1 unspecified atom stereocenters. The monoisotopic (exact) mass is 524 g/mol. The van der Waals surface area contributed by atoms with Crippen LogP contribution in [-0.4, -0.2) is 35.2 Å². The number of pyridine rings is 1. The lowest BCUT2D eigenvalue weighted by Crippen LogP contribution is -2.53. The highest BCUT2D eigenvalue weighted by atomic mass is 79.9. The number of alkyl halides is 3. The first-order valence-electron chi connectivity index (χ1n) is 10.4. The fourth-order valence-corrected chi connectivity index (χ4v) is 4.67. The van der Waals surface area contributed by atoms with Gasteiger partial charge in [-0.3, -0.25) is 4.98 Å². The van der Waals surface area contributed by atoms with E-state index in [2.05, 4.69) is 26.2 Å². The van der Waals surface area contributed by atoms with Crippen molar-refractivity contribution >= 4 is 32.5 Å². The number of ether oxygens (including phenoxy) is 2. The van der Waals surface area contributed by atoms with Crippen LogP contribution in [0.3, 0.4) is 0 Å². The Balaban J connectivity index is 1.64. The Morgan fingerprint density at radius 3 is 2.52 bits per heavy atom. The lowest BCUT2D eigenvalue weighted by molar-refractivity contribution is -0.260. The number of hydrogen-bond donors (Lipinski definition) is 2. The minimum absolute atomic E-state index is 0.0132. The summed E-state index contributed by atoms with van der Waals surface area (Å²) in [5.74, 6) is 0.843. The van der Waals surface area contributed by atoms with E-state index in [1.54, 1.807) is 56.3 Å². The third-order valence-electron chi connectivity index (χ3n) is 5.90. The third-order valence-corrected chi connectivity index (χ3v) is 6.53. The number of aliphatic hydroxyl groups is 1. The van der Waals surface area contributed by atoms with E-state index in [0.29, 0.717) is 38.1 Å². The normalized spacial score (nSPS) is 15.5. The molecule has 5 nitrogen and oxygen atoms in total. The van der Waals surface area contributed by atoms with Crippen molar-refractivity contribution < 1.29 is 27.8 Å². The first kappa shape index (κ1) is 23.6. The summed E-state index contributed by atoms with van der Waals surface area (Å²) >= 11 is 3.37. The number of nitrogens with zero attached hydrogens (tertiary/aromatic N) is 1. The van der Waals surface area contributed by atoms with Gasteiger partial charge in [0.2, 0.25) is 6.79 Å². The van der Waals surface area contributed by atoms with E-state index in [1.807, 2.05) is 6.92 Å². The van der Waals surface area contributed by atoms with Crippen LogP contribution in [0.4, 0.5) is 18.9 Å². The highest BCUT2D eigenvalue weighted by molar-refractivity contribution is 9.10. The molecule has 4 rings (SSSR count). The number of aryl methyl sites for hydroxylation is 1. The third kappa shape index (κ3) is 4.48. The van der Waals surface area contributed by atoms with E-state index in [4.69, 9.17) is 9.47 Å². The second kappa shape index (κ2) is 8.36. The predicted molar refractivity (Wildman–Crippen MR) is 124 cm³/mol. The predicted octanol–water partition coefficient (Wildman–Crippen LogP) is 6.11. The number of halogens is 4. The smallest absolute Gasteiger partial charge is 0.418 e. The van der Waals surface area contributed by atoms with Crippen LogP contribution in [0.2, 0.25) is 0 Å². The minimum atomic E-state index is -4.87. The van der Waals surface area contributed by atoms with Gasteiger partial charge in [-0.15, -0.1) is 0 Å². The van der Waals surface area contributed by atoms with E-state index in [-0.39, 0.29) is 6.79 Å². The SMILES string of the molecule is Cc1ccc2c(NCC(O)(CC(C)(C)c3ccc(Br)c4c3OCO4)C(F)(F)F)cccc2n1. The van der Waals surface area contributed by atoms with Crippen LogP contribution < -0.4 is 14.8 Å². The molecule has 176 valence electrons. The van der Waals surface area contributed by atoms with Crippen molar-refractivity contribution in [2.24, 2.45) is 0 Å². The van der Waals surface area contributed by atoms with Gasteiger partial charge in [-0.25, -0.2) is 0 Å². The average Bonchev–Trinajstić information content (AvgIpc) is 3.21. The van der Waals surface area contributed by atoms with Crippen LogP contribution in [-0.2, 0) is 5.41 Å². The summed E-state index contributed by atoms with van der Waals surface area (Å²) < 4.78 is 54.2. The second-order valence-corrected chi connectivity index (χ2v) is 9.78. The molecule has 1 atom stereocenters. The maximum atomic E-state index is 14.2. The molecule has 0 radical (unpaired) electrons. The van der Waals surface area contributed by atoms with Gasteiger partial charge in [0.15, 0.2) is 17.1 Å². The van der Waals surface area contributed by atoms with Gasteiger partial charge in [0.1, 0.15) is 0 Å². The van der Waals surface area contributed by atoms with Crippen molar-refractivity contribution in [1.29, 1.82) is 0 Å². The number of benzene rings is 2. The molecule has 0 saturated carbocycles. The molecule has 9 heteroatoms. The summed E-state index contributed by atoms with van der Waals surface area (Å²) in [6, 6.07) is 12.2. The second-order valence-electron chi connectivity index (χ2n) is 8.93. The summed E-state index contributed by atoms with van der Waals surface area (Å²) in [7, 11) is 0. The standard InChI is InChI=1S/C24H24BrF3N2O3/c1-14-7-8-15-18(5-4-6-19(15)30-14)29-12-23(31,24(26,27)28)11-22(2,3)16-9-10-17(25)21-20(16)32-13-33-21/h4-10,29,31H,11-13H2,1-3H3. The van der Waals surface area contributed by atoms with Gasteiger partial charge in [-0.05, 0) is 65.0 Å². The Morgan fingerprint density at radius 2 is 1.79 bits per heavy atom. The van der Waals surface area contributed by atoms with Crippen molar-refractivity contribution in [2.45, 2.75) is 44.4 Å². The molecule has 2 aromatic carbocycles. The Bertz CT molecular complexity index is 1200. The van der Waals surface area contributed by atoms with Crippen LogP contribution in [0.15, 0.2) is 46.9 Å². The molecular formula is C24H24BrF3N2O3. The first-order chi connectivity index (χ1) is 15.4. The fraction of sp³-hybridized carbons (Fsp3) is 0.375. The average molecular weight is 525 g/mol. The molecule has 0 bridgehead atoms. The quantitative estimate of drug-likeness (QED) is 0.407. The maximum Gasteiger partial charge on any atom is 0.418 e. The van der Waals surface area contributed by atoms with E-state index in [0.717, 1.165) is 5.69 Å². The van der Waals surface area contributed by atoms with Crippen molar-refractivity contribution in [3.8, 4) is 11.5 Å². The largest absolute Gasteiger partial charge is 0.453 e. The zero-order chi connectivity index (χ0) is 24.0. The van der Waals surface area contributed by atoms with Crippen molar-refractivity contribution in [3.05, 3.63) is 58.2 Å². The van der Waals surface area contributed by atoms with Gasteiger partial charge >= 0.3 is 6.18 Å². The number of anilines is 1. The molecule has 0 amide bonds. The molecule has 1 aromatic heterocycles. The van der Waals surface area contributed by atoms with Crippen LogP contribution in [0.25, 0.3) is 10.9 Å². The van der Waals surface area contributed by atoms with Gasteiger partial charge in [-0.1, -0.05) is 26.0 Å². The molecule has 2 heterocycles. The number of fused-ring (bicyclic) bond motifs is 2. The summed E-state index contributed by atoms with van der Waals surface area (Å²) in [5.41, 5.74) is -1.61. The van der Waals surface area contributed by atoms with E-state index in [9.17, 15) is 18.3 Å². The van der Waals surface area contributed by atoms with Gasteiger partial charge in [-0.2, -0.15) is 13.2 Å². The zero-order valence-corrected chi connectivity index (χ0v) is 20.0. The first-order valence-corrected chi connectivity index (χ1v) is 11.2. The highest BCUT2D eigenvalue weighted by Gasteiger charge is 2.56. The van der Waals surface area contributed by atoms with Gasteiger partial charge in [0, 0.05) is 22.3 Å². The molecule has 0 aliphatic carbocycles. The van der Waals surface area contributed by atoms with Gasteiger partial charge < -0.3 is 19.9 Å². The van der Waals surface area contributed by atoms with Crippen LogP contribution >= 0.6 is 15.9 Å². The zero-order valence-electron chi connectivity index (χ0n) is 18.4. The van der Waals surface area contributed by atoms with Gasteiger partial charge in [0.05, 0.1) is 16.5 Å². The van der Waals surface area contributed by atoms with Crippen molar-refractivity contribution in [3.63, 3.8) is 0 Å². The lowest BCUT2D eigenvalue weighted by Gasteiger charge is -2.38. The molecule has 33 heavy (non-hydrogen) atoms. The van der Waals surface area contributed by atoms with Crippen molar-refractivity contribution in [2.75, 3.05) is 18.7 Å². The molecule has 0 saturated heterocycles. The van der Waals surface area contributed by atoms with Crippen molar-refractivity contribution in [1.82, 2.24) is 4.98 Å². The summed E-state index contributed by atoms with van der Waals surface area (Å²) in [6.45, 7) is 4.42. The molecule has 1 aliphatic heterocycles. The Kier molecular flexibility index (Phi) is 5.99. The number of nitrogens with one attached hydrogen (secondary N) is 1. The van der Waals surface area contributed by atoms with Crippen LogP contribution in [0.5, 0.6) is 11.5 Å².